The van der Waals surface area contributed by atoms with Gasteiger partial charge in [0.25, 0.3) is 5.91 Å². The van der Waals surface area contributed by atoms with E-state index in [0.717, 1.165) is 0 Å². The lowest BCUT2D eigenvalue weighted by Crippen LogP contribution is -2.36. The Kier molecular flexibility index (Phi) is 3.93. The molecule has 0 aromatic carbocycles. The number of nitrogens with one attached hydrogen (secondary N) is 1. The molecule has 5 nitrogen and oxygen atoms in total. The third-order valence-corrected chi connectivity index (χ3v) is 1.89. The molecule has 0 aliphatic rings. The van der Waals surface area contributed by atoms with Crippen LogP contribution in [-0.4, -0.2) is 22.8 Å². The van der Waals surface area contributed by atoms with Gasteiger partial charge in [-0.2, -0.15) is 4.39 Å². The van der Waals surface area contributed by atoms with E-state index in [4.69, 9.17) is 5.73 Å². The van der Waals surface area contributed by atoms with E-state index in [1.165, 1.54) is 18.3 Å². The minimum absolute atomic E-state index is 0.00756. The van der Waals surface area contributed by atoms with Gasteiger partial charge in [-0.1, -0.05) is 0 Å². The Morgan fingerprint density at radius 1 is 1.62 bits per heavy atom. The number of pyridine rings is 1. The van der Waals surface area contributed by atoms with Gasteiger partial charge in [0.1, 0.15) is 0 Å². The van der Waals surface area contributed by atoms with Gasteiger partial charge in [-0.25, -0.2) is 4.98 Å². The second kappa shape index (κ2) is 5.20. The predicted molar refractivity (Wildman–Crippen MR) is 54.9 cm³/mol. The molecule has 1 aromatic heterocycles. The highest BCUT2D eigenvalue weighted by Gasteiger charge is 2.15. The highest BCUT2D eigenvalue weighted by molar-refractivity contribution is 5.94. The van der Waals surface area contributed by atoms with Gasteiger partial charge in [-0.05, 0) is 19.1 Å². The van der Waals surface area contributed by atoms with Crippen molar-refractivity contribution in [3.05, 3.63) is 29.8 Å². The number of halogens is 1. The summed E-state index contributed by atoms with van der Waals surface area (Å²) < 4.78 is 13.1. The minimum atomic E-state index is -0.841. The van der Waals surface area contributed by atoms with Crippen molar-refractivity contribution in [1.82, 2.24) is 10.3 Å². The van der Waals surface area contributed by atoms with Crippen LogP contribution in [0.3, 0.4) is 0 Å². The molecule has 86 valence electrons. The highest BCUT2D eigenvalue weighted by atomic mass is 19.1. The molecule has 2 amide bonds. The Hall–Kier alpha value is -1.98. The van der Waals surface area contributed by atoms with Gasteiger partial charge < -0.3 is 11.1 Å². The molecule has 0 fully saturated rings. The quantitative estimate of drug-likeness (QED) is 0.718. The van der Waals surface area contributed by atoms with Gasteiger partial charge in [-0.15, -0.1) is 0 Å². The fourth-order valence-electron chi connectivity index (χ4n) is 1.21. The summed E-state index contributed by atoms with van der Waals surface area (Å²) in [6.07, 6.45) is 1.26. The maximum atomic E-state index is 13.1. The smallest absolute Gasteiger partial charge is 0.256 e. The van der Waals surface area contributed by atoms with E-state index in [-0.39, 0.29) is 12.0 Å². The van der Waals surface area contributed by atoms with Gasteiger partial charge in [0.05, 0.1) is 5.56 Å². The molecule has 6 heteroatoms. The molecule has 0 bridgehead atoms. The van der Waals surface area contributed by atoms with Crippen molar-refractivity contribution >= 4 is 11.8 Å². The fraction of sp³-hybridized carbons (Fsp3) is 0.300. The number of aromatic nitrogens is 1. The van der Waals surface area contributed by atoms with Crippen molar-refractivity contribution in [3.8, 4) is 0 Å². The summed E-state index contributed by atoms with van der Waals surface area (Å²) in [5.74, 6) is -1.98. The summed E-state index contributed by atoms with van der Waals surface area (Å²) >= 11 is 0. The summed E-state index contributed by atoms with van der Waals surface area (Å²) in [5.41, 5.74) is 4.81. The Morgan fingerprint density at radius 2 is 2.31 bits per heavy atom. The Morgan fingerprint density at radius 3 is 2.88 bits per heavy atom. The lowest BCUT2D eigenvalue weighted by Gasteiger charge is -2.11. The minimum Gasteiger partial charge on any atom is -0.370 e. The van der Waals surface area contributed by atoms with Crippen LogP contribution in [0.15, 0.2) is 18.3 Å². The first-order valence-corrected chi connectivity index (χ1v) is 4.70. The zero-order valence-electron chi connectivity index (χ0n) is 8.74. The first kappa shape index (κ1) is 12.1. The van der Waals surface area contributed by atoms with Gasteiger partial charge in [0.2, 0.25) is 11.9 Å². The number of nitrogens with two attached hydrogens (primary N) is 1. The second-order valence-corrected chi connectivity index (χ2v) is 3.39. The Labute approximate surface area is 91.9 Å². The second-order valence-electron chi connectivity index (χ2n) is 3.39. The predicted octanol–water partition coefficient (Wildman–Crippen LogP) is 0.214. The highest BCUT2D eigenvalue weighted by Crippen LogP contribution is 2.03. The first-order chi connectivity index (χ1) is 7.50. The molecule has 0 saturated heterocycles. The van der Waals surface area contributed by atoms with Crippen LogP contribution in [0.5, 0.6) is 0 Å². The number of primary amides is 1. The molecular formula is C10H12FN3O2. The summed E-state index contributed by atoms with van der Waals surface area (Å²) in [4.78, 5) is 25.4. The van der Waals surface area contributed by atoms with E-state index in [9.17, 15) is 14.0 Å². The number of amides is 2. The molecule has 1 unspecified atom stereocenters. The number of rotatable bonds is 4. The standard InChI is InChI=1S/C10H12FN3O2/c1-6(5-8(12)15)14-10(16)7-3-2-4-13-9(7)11/h2-4,6H,5H2,1H3,(H2,12,15)(H,14,16). The van der Waals surface area contributed by atoms with E-state index in [0.29, 0.717) is 0 Å². The molecule has 1 heterocycles. The Balaban J connectivity index is 2.66. The van der Waals surface area contributed by atoms with Crippen molar-refractivity contribution < 1.29 is 14.0 Å². The first-order valence-electron chi connectivity index (χ1n) is 4.70. The zero-order valence-corrected chi connectivity index (χ0v) is 8.74. The molecule has 1 rings (SSSR count). The lowest BCUT2D eigenvalue weighted by atomic mass is 10.2. The Bertz CT molecular complexity index is 409. The van der Waals surface area contributed by atoms with E-state index >= 15 is 0 Å². The van der Waals surface area contributed by atoms with Gasteiger partial charge in [-0.3, -0.25) is 9.59 Å². The van der Waals surface area contributed by atoms with Gasteiger partial charge in [0, 0.05) is 18.7 Å². The normalized spacial score (nSPS) is 11.9. The average Bonchev–Trinajstić information content (AvgIpc) is 2.16. The number of carbonyl (C=O) groups is 2. The molecule has 0 spiro atoms. The summed E-state index contributed by atoms with van der Waals surface area (Å²) in [7, 11) is 0. The number of carbonyl (C=O) groups excluding carboxylic acids is 2. The van der Waals surface area contributed by atoms with E-state index < -0.39 is 23.8 Å². The van der Waals surface area contributed by atoms with Crippen LogP contribution in [-0.2, 0) is 4.79 Å². The van der Waals surface area contributed by atoms with Crippen molar-refractivity contribution in [2.24, 2.45) is 5.73 Å². The van der Waals surface area contributed by atoms with Crippen LogP contribution < -0.4 is 11.1 Å². The molecule has 0 aliphatic heterocycles. The van der Waals surface area contributed by atoms with Crippen LogP contribution in [0, 0.1) is 5.95 Å². The van der Waals surface area contributed by atoms with E-state index in [2.05, 4.69) is 10.3 Å². The van der Waals surface area contributed by atoms with Crippen molar-refractivity contribution in [2.75, 3.05) is 0 Å². The van der Waals surface area contributed by atoms with Crippen LogP contribution in [0.4, 0.5) is 4.39 Å². The summed E-state index contributed by atoms with van der Waals surface area (Å²) in [6, 6.07) is 2.33. The summed E-state index contributed by atoms with van der Waals surface area (Å²) in [5, 5.41) is 2.45. The zero-order chi connectivity index (χ0) is 12.1. The maximum Gasteiger partial charge on any atom is 0.256 e. The monoisotopic (exact) mass is 225 g/mol. The molecule has 16 heavy (non-hydrogen) atoms. The van der Waals surface area contributed by atoms with Gasteiger partial charge >= 0.3 is 0 Å². The van der Waals surface area contributed by atoms with Crippen LogP contribution in [0.25, 0.3) is 0 Å². The van der Waals surface area contributed by atoms with Crippen LogP contribution in [0.1, 0.15) is 23.7 Å². The number of hydrogen-bond acceptors (Lipinski definition) is 3. The molecule has 0 aliphatic carbocycles. The van der Waals surface area contributed by atoms with Crippen molar-refractivity contribution in [3.63, 3.8) is 0 Å². The largest absolute Gasteiger partial charge is 0.370 e. The third-order valence-electron chi connectivity index (χ3n) is 1.89. The van der Waals surface area contributed by atoms with Crippen molar-refractivity contribution in [2.45, 2.75) is 19.4 Å². The average molecular weight is 225 g/mol. The number of nitrogens with zero attached hydrogens (tertiary/aromatic N) is 1. The van der Waals surface area contributed by atoms with Gasteiger partial charge in [0.15, 0.2) is 0 Å². The molecule has 0 radical (unpaired) electrons. The molecule has 1 aromatic rings. The summed E-state index contributed by atoms with van der Waals surface area (Å²) in [6.45, 7) is 1.61. The van der Waals surface area contributed by atoms with Crippen LogP contribution >= 0.6 is 0 Å². The SMILES string of the molecule is CC(CC(N)=O)NC(=O)c1cccnc1F. The maximum absolute atomic E-state index is 13.1. The van der Waals surface area contributed by atoms with E-state index in [1.807, 2.05) is 0 Å². The number of hydrogen-bond donors (Lipinski definition) is 2. The van der Waals surface area contributed by atoms with Crippen LogP contribution in [0.2, 0.25) is 0 Å². The fourth-order valence-corrected chi connectivity index (χ4v) is 1.21. The molecule has 1 atom stereocenters. The molecule has 0 saturated carbocycles. The molecular weight excluding hydrogens is 213 g/mol. The topological polar surface area (TPSA) is 85.1 Å². The lowest BCUT2D eigenvalue weighted by molar-refractivity contribution is -0.118. The van der Waals surface area contributed by atoms with E-state index in [1.54, 1.807) is 6.92 Å². The third kappa shape index (κ3) is 3.30. The molecule has 3 N–H and O–H groups in total. The van der Waals surface area contributed by atoms with Crippen molar-refractivity contribution in [1.29, 1.82) is 0 Å².